The number of halogens is 3. The van der Waals surface area contributed by atoms with Gasteiger partial charge in [-0.05, 0) is 54.4 Å². The maximum Gasteiger partial charge on any atom is 0.387 e. The van der Waals surface area contributed by atoms with Crippen molar-refractivity contribution < 1.29 is 27.5 Å². The summed E-state index contributed by atoms with van der Waals surface area (Å²) in [5, 5.41) is 2.80. The molecule has 11 heteroatoms. The summed E-state index contributed by atoms with van der Waals surface area (Å²) < 4.78 is 43.2. The smallest absolute Gasteiger partial charge is 0.387 e. The maximum atomic E-state index is 13.6. The fraction of sp³-hybridized carbons (Fsp3) is 0.154. The second-order valence-corrected chi connectivity index (χ2v) is 7.87. The number of imidazole rings is 1. The number of alkyl halides is 2. The summed E-state index contributed by atoms with van der Waals surface area (Å²) in [5.74, 6) is -1.60. The summed E-state index contributed by atoms with van der Waals surface area (Å²) in [6, 6.07) is 13.5. The van der Waals surface area contributed by atoms with Crippen molar-refractivity contribution in [1.82, 2.24) is 20.3 Å². The standard InChI is InChI=1S/C26H22F3N5O3/c27-19-5-1-3-17(13-19)10-12-32-24(35)23(18-4-2-11-30-14-18)34(25(36)22-15-31-16-33-22)20-6-8-21(9-7-20)37-26(28)29/h1-9,11,13-16,23,26H,10,12H2,(H,31,33)(H,32,35). The van der Waals surface area contributed by atoms with Crippen LogP contribution in [-0.2, 0) is 11.2 Å². The molecule has 37 heavy (non-hydrogen) atoms. The van der Waals surface area contributed by atoms with Crippen LogP contribution < -0.4 is 15.0 Å². The highest BCUT2D eigenvalue weighted by Gasteiger charge is 2.34. The Morgan fingerprint density at radius 1 is 1.03 bits per heavy atom. The fourth-order valence-corrected chi connectivity index (χ4v) is 3.75. The van der Waals surface area contributed by atoms with Gasteiger partial charge in [0.2, 0.25) is 5.91 Å². The second-order valence-electron chi connectivity index (χ2n) is 7.87. The van der Waals surface area contributed by atoms with E-state index in [1.807, 2.05) is 0 Å². The quantitative estimate of drug-likeness (QED) is 0.332. The van der Waals surface area contributed by atoms with E-state index in [2.05, 4.69) is 25.0 Å². The average Bonchev–Trinajstić information content (AvgIpc) is 3.43. The third-order valence-electron chi connectivity index (χ3n) is 5.40. The minimum absolute atomic E-state index is 0.106. The molecule has 1 unspecified atom stereocenters. The molecular weight excluding hydrogens is 487 g/mol. The molecule has 0 aliphatic rings. The number of amides is 2. The number of anilines is 1. The van der Waals surface area contributed by atoms with Gasteiger partial charge in [0.05, 0.1) is 12.5 Å². The van der Waals surface area contributed by atoms with Crippen LogP contribution in [0.5, 0.6) is 5.75 Å². The lowest BCUT2D eigenvalue weighted by atomic mass is 10.0. The first-order valence-corrected chi connectivity index (χ1v) is 11.2. The van der Waals surface area contributed by atoms with E-state index in [-0.39, 0.29) is 29.5 Å². The molecule has 0 spiro atoms. The molecule has 0 fully saturated rings. The Morgan fingerprint density at radius 2 is 1.84 bits per heavy atom. The Morgan fingerprint density at radius 3 is 2.49 bits per heavy atom. The first-order chi connectivity index (χ1) is 17.9. The van der Waals surface area contributed by atoms with E-state index in [0.29, 0.717) is 17.5 Å². The molecule has 4 aromatic rings. The van der Waals surface area contributed by atoms with Gasteiger partial charge in [0, 0.05) is 30.2 Å². The summed E-state index contributed by atoms with van der Waals surface area (Å²) in [6.45, 7) is -2.84. The molecular formula is C26H22F3N5O3. The number of pyridine rings is 1. The summed E-state index contributed by atoms with van der Waals surface area (Å²) in [5.41, 5.74) is 1.45. The Balaban J connectivity index is 1.67. The second kappa shape index (κ2) is 11.8. The first kappa shape index (κ1) is 25.4. The largest absolute Gasteiger partial charge is 0.435 e. The lowest BCUT2D eigenvalue weighted by molar-refractivity contribution is -0.122. The Labute approximate surface area is 210 Å². The summed E-state index contributed by atoms with van der Waals surface area (Å²) in [6.07, 6.45) is 5.98. The van der Waals surface area contributed by atoms with Gasteiger partial charge in [-0.25, -0.2) is 9.37 Å². The van der Waals surface area contributed by atoms with Crippen molar-refractivity contribution in [1.29, 1.82) is 0 Å². The number of aromatic nitrogens is 3. The number of benzene rings is 2. The number of nitrogens with zero attached hydrogens (tertiary/aromatic N) is 3. The number of carbonyl (C=O) groups is 2. The molecule has 0 aliphatic carbocycles. The molecule has 8 nitrogen and oxygen atoms in total. The Bertz CT molecular complexity index is 1320. The normalized spacial score (nSPS) is 11.7. The maximum absolute atomic E-state index is 13.6. The van der Waals surface area contributed by atoms with Crippen LogP contribution in [0.3, 0.4) is 0 Å². The van der Waals surface area contributed by atoms with E-state index >= 15 is 0 Å². The number of rotatable bonds is 10. The van der Waals surface area contributed by atoms with Crippen LogP contribution in [-0.4, -0.2) is 39.9 Å². The Hall–Kier alpha value is -4.67. The van der Waals surface area contributed by atoms with Crippen molar-refractivity contribution in [3.8, 4) is 5.75 Å². The summed E-state index contributed by atoms with van der Waals surface area (Å²) in [4.78, 5) is 39.0. The van der Waals surface area contributed by atoms with Gasteiger partial charge < -0.3 is 15.0 Å². The van der Waals surface area contributed by atoms with Gasteiger partial charge in [0.1, 0.15) is 23.3 Å². The molecule has 0 bridgehead atoms. The van der Waals surface area contributed by atoms with Gasteiger partial charge in [0.25, 0.3) is 5.91 Å². The lowest BCUT2D eigenvalue weighted by Crippen LogP contribution is -2.44. The van der Waals surface area contributed by atoms with Crippen LogP contribution in [0.2, 0.25) is 0 Å². The molecule has 2 heterocycles. The van der Waals surface area contributed by atoms with Crippen molar-refractivity contribution in [2.24, 2.45) is 0 Å². The van der Waals surface area contributed by atoms with Crippen molar-refractivity contribution >= 4 is 17.5 Å². The zero-order chi connectivity index (χ0) is 26.2. The van der Waals surface area contributed by atoms with E-state index < -0.39 is 24.5 Å². The zero-order valence-electron chi connectivity index (χ0n) is 19.4. The number of hydrogen-bond donors (Lipinski definition) is 2. The average molecular weight is 509 g/mol. The predicted molar refractivity (Wildman–Crippen MR) is 129 cm³/mol. The van der Waals surface area contributed by atoms with Gasteiger partial charge in [-0.3, -0.25) is 19.5 Å². The number of carbonyl (C=O) groups excluding carboxylic acids is 2. The van der Waals surface area contributed by atoms with E-state index in [1.54, 1.807) is 24.3 Å². The van der Waals surface area contributed by atoms with Crippen LogP contribution in [0.4, 0.5) is 18.9 Å². The Kier molecular flexibility index (Phi) is 8.14. The SMILES string of the molecule is O=C(NCCc1cccc(F)c1)C(c1cccnc1)N(C(=O)c1cnc[nH]1)c1ccc(OC(F)F)cc1. The van der Waals surface area contributed by atoms with Crippen molar-refractivity contribution in [2.45, 2.75) is 19.1 Å². The van der Waals surface area contributed by atoms with Gasteiger partial charge in [-0.15, -0.1) is 0 Å². The van der Waals surface area contributed by atoms with E-state index in [4.69, 9.17) is 0 Å². The molecule has 0 radical (unpaired) electrons. The summed E-state index contributed by atoms with van der Waals surface area (Å²) >= 11 is 0. The van der Waals surface area contributed by atoms with Crippen LogP contribution in [0.1, 0.15) is 27.7 Å². The highest BCUT2D eigenvalue weighted by atomic mass is 19.3. The van der Waals surface area contributed by atoms with Gasteiger partial charge in [-0.2, -0.15) is 8.78 Å². The molecule has 4 rings (SSSR count). The molecule has 190 valence electrons. The molecule has 0 saturated carbocycles. The van der Waals surface area contributed by atoms with E-state index in [0.717, 1.165) is 0 Å². The van der Waals surface area contributed by atoms with Crippen LogP contribution >= 0.6 is 0 Å². The molecule has 2 amide bonds. The molecule has 1 atom stereocenters. The van der Waals surface area contributed by atoms with Gasteiger partial charge in [-0.1, -0.05) is 18.2 Å². The third kappa shape index (κ3) is 6.51. The summed E-state index contributed by atoms with van der Waals surface area (Å²) in [7, 11) is 0. The number of hydrogen-bond acceptors (Lipinski definition) is 5. The third-order valence-corrected chi connectivity index (χ3v) is 5.40. The predicted octanol–water partition coefficient (Wildman–Crippen LogP) is 4.29. The van der Waals surface area contributed by atoms with Crippen molar-refractivity contribution in [2.75, 3.05) is 11.4 Å². The van der Waals surface area contributed by atoms with Gasteiger partial charge in [0.15, 0.2) is 0 Å². The van der Waals surface area contributed by atoms with Crippen LogP contribution in [0.15, 0.2) is 85.6 Å². The van der Waals surface area contributed by atoms with Crippen LogP contribution in [0.25, 0.3) is 0 Å². The van der Waals surface area contributed by atoms with E-state index in [1.165, 1.54) is 66.2 Å². The number of ether oxygens (including phenoxy) is 1. The van der Waals surface area contributed by atoms with Crippen molar-refractivity contribution in [3.05, 3.63) is 108 Å². The zero-order valence-corrected chi connectivity index (χ0v) is 19.4. The topological polar surface area (TPSA) is 100 Å². The van der Waals surface area contributed by atoms with Crippen molar-refractivity contribution in [3.63, 3.8) is 0 Å². The van der Waals surface area contributed by atoms with Crippen LogP contribution in [0, 0.1) is 5.82 Å². The molecule has 0 saturated heterocycles. The highest BCUT2D eigenvalue weighted by Crippen LogP contribution is 2.31. The number of H-pyrrole nitrogens is 1. The highest BCUT2D eigenvalue weighted by molar-refractivity contribution is 6.09. The number of nitrogens with one attached hydrogen (secondary N) is 2. The fourth-order valence-electron chi connectivity index (χ4n) is 3.75. The van der Waals surface area contributed by atoms with Gasteiger partial charge >= 0.3 is 6.61 Å². The molecule has 2 aromatic heterocycles. The monoisotopic (exact) mass is 509 g/mol. The molecule has 2 N–H and O–H groups in total. The lowest BCUT2D eigenvalue weighted by Gasteiger charge is -2.31. The molecule has 2 aromatic carbocycles. The van der Waals surface area contributed by atoms with E-state index in [9.17, 15) is 22.8 Å². The number of aromatic amines is 1. The minimum Gasteiger partial charge on any atom is -0.435 e. The minimum atomic E-state index is -3.01. The first-order valence-electron chi connectivity index (χ1n) is 11.2. The molecule has 0 aliphatic heterocycles.